The number of carbonyl (C=O) groups is 1. The monoisotopic (exact) mass is 320 g/mol. The van der Waals surface area contributed by atoms with Gasteiger partial charge in [0.2, 0.25) is 5.91 Å². The number of rotatable bonds is 5. The Bertz CT molecular complexity index is 643. The van der Waals surface area contributed by atoms with Crippen LogP contribution in [0.1, 0.15) is 19.0 Å². The van der Waals surface area contributed by atoms with Crippen LogP contribution in [0.2, 0.25) is 0 Å². The molecule has 1 atom stereocenters. The van der Waals surface area contributed by atoms with Crippen molar-refractivity contribution in [3.63, 3.8) is 0 Å². The minimum atomic E-state index is -0.355. The van der Waals surface area contributed by atoms with Gasteiger partial charge in [-0.05, 0) is 37.6 Å². The van der Waals surface area contributed by atoms with E-state index in [9.17, 15) is 9.18 Å². The first-order valence-electron chi connectivity index (χ1n) is 6.82. The van der Waals surface area contributed by atoms with E-state index in [1.807, 2.05) is 13.8 Å². The lowest BCUT2D eigenvalue weighted by Crippen LogP contribution is -2.24. The Morgan fingerprint density at radius 3 is 2.64 bits per heavy atom. The molecule has 0 aliphatic carbocycles. The van der Waals surface area contributed by atoms with E-state index in [-0.39, 0.29) is 17.0 Å². The van der Waals surface area contributed by atoms with Crippen molar-refractivity contribution in [2.75, 3.05) is 11.1 Å². The molecule has 1 aromatic heterocycles. The number of halogens is 1. The standard InChI is InChI=1S/C15H17FN4OS/c1-3-12(22-15-18-9(2)8-13(17)20-15)14(21)19-11-6-4-10(16)5-7-11/h4-8,12H,3H2,1-2H3,(H,19,21)(H2,17,18,20). The summed E-state index contributed by atoms with van der Waals surface area (Å²) in [7, 11) is 0. The predicted molar refractivity (Wildman–Crippen MR) is 86.1 cm³/mol. The number of aromatic nitrogens is 2. The summed E-state index contributed by atoms with van der Waals surface area (Å²) in [6.45, 7) is 3.72. The van der Waals surface area contributed by atoms with Crippen LogP contribution in [0.3, 0.4) is 0 Å². The number of benzene rings is 1. The maximum atomic E-state index is 12.9. The van der Waals surface area contributed by atoms with Crippen LogP contribution in [0.25, 0.3) is 0 Å². The smallest absolute Gasteiger partial charge is 0.237 e. The Balaban J connectivity index is 2.06. The van der Waals surface area contributed by atoms with Gasteiger partial charge in [0.25, 0.3) is 0 Å². The normalized spacial score (nSPS) is 12.0. The van der Waals surface area contributed by atoms with Crippen molar-refractivity contribution in [2.24, 2.45) is 0 Å². The highest BCUT2D eigenvalue weighted by atomic mass is 32.2. The molecule has 1 heterocycles. The quantitative estimate of drug-likeness (QED) is 0.654. The number of hydrogen-bond acceptors (Lipinski definition) is 5. The lowest BCUT2D eigenvalue weighted by molar-refractivity contribution is -0.115. The molecule has 0 radical (unpaired) electrons. The van der Waals surface area contributed by atoms with Gasteiger partial charge in [-0.15, -0.1) is 0 Å². The van der Waals surface area contributed by atoms with Crippen LogP contribution in [0, 0.1) is 12.7 Å². The van der Waals surface area contributed by atoms with Crippen LogP contribution in [0.15, 0.2) is 35.5 Å². The van der Waals surface area contributed by atoms with Crippen molar-refractivity contribution in [1.82, 2.24) is 9.97 Å². The number of aryl methyl sites for hydroxylation is 1. The zero-order chi connectivity index (χ0) is 16.1. The first-order chi connectivity index (χ1) is 10.5. The van der Waals surface area contributed by atoms with Crippen molar-refractivity contribution >= 4 is 29.2 Å². The minimum absolute atomic E-state index is 0.178. The minimum Gasteiger partial charge on any atom is -0.384 e. The molecular weight excluding hydrogens is 303 g/mol. The fraction of sp³-hybridized carbons (Fsp3) is 0.267. The van der Waals surface area contributed by atoms with Crippen LogP contribution in [0.4, 0.5) is 15.9 Å². The van der Waals surface area contributed by atoms with E-state index in [1.54, 1.807) is 6.07 Å². The Hall–Kier alpha value is -2.15. The zero-order valence-corrected chi connectivity index (χ0v) is 13.2. The maximum absolute atomic E-state index is 12.9. The number of nitrogens with zero attached hydrogens (tertiary/aromatic N) is 2. The third-order valence-electron chi connectivity index (χ3n) is 2.88. The topological polar surface area (TPSA) is 80.9 Å². The Morgan fingerprint density at radius 1 is 1.36 bits per heavy atom. The highest BCUT2D eigenvalue weighted by molar-refractivity contribution is 8.00. The average Bonchev–Trinajstić information content (AvgIpc) is 2.46. The van der Waals surface area contributed by atoms with E-state index < -0.39 is 0 Å². The molecule has 5 nitrogen and oxygen atoms in total. The van der Waals surface area contributed by atoms with Crippen molar-refractivity contribution in [3.8, 4) is 0 Å². The first kappa shape index (κ1) is 16.2. The summed E-state index contributed by atoms with van der Waals surface area (Å²) in [6.07, 6.45) is 0.606. The predicted octanol–water partition coefficient (Wildman–Crippen LogP) is 3.02. The Labute approximate surface area is 132 Å². The fourth-order valence-electron chi connectivity index (χ4n) is 1.82. The largest absolute Gasteiger partial charge is 0.384 e. The van der Waals surface area contributed by atoms with E-state index in [1.165, 1.54) is 36.0 Å². The molecule has 0 saturated heterocycles. The van der Waals surface area contributed by atoms with Gasteiger partial charge in [-0.25, -0.2) is 14.4 Å². The van der Waals surface area contributed by atoms with Crippen LogP contribution in [0.5, 0.6) is 0 Å². The highest BCUT2D eigenvalue weighted by Crippen LogP contribution is 2.24. The zero-order valence-electron chi connectivity index (χ0n) is 12.3. The Kier molecular flexibility index (Phi) is 5.32. The Morgan fingerprint density at radius 2 is 2.05 bits per heavy atom. The second-order valence-corrected chi connectivity index (χ2v) is 5.90. The van der Waals surface area contributed by atoms with Crippen molar-refractivity contribution in [3.05, 3.63) is 41.8 Å². The highest BCUT2D eigenvalue weighted by Gasteiger charge is 2.20. The van der Waals surface area contributed by atoms with Gasteiger partial charge in [0.15, 0.2) is 5.16 Å². The number of nitrogen functional groups attached to an aromatic ring is 1. The number of amides is 1. The summed E-state index contributed by atoms with van der Waals surface area (Å²) in [5, 5.41) is 2.87. The molecule has 2 rings (SSSR count). The van der Waals surface area contributed by atoms with Crippen LogP contribution in [-0.4, -0.2) is 21.1 Å². The van der Waals surface area contributed by atoms with Crippen LogP contribution >= 0.6 is 11.8 Å². The van der Waals surface area contributed by atoms with E-state index in [2.05, 4.69) is 15.3 Å². The molecule has 116 valence electrons. The molecule has 1 aromatic carbocycles. The molecule has 1 unspecified atom stereocenters. The molecule has 0 spiro atoms. The molecule has 1 amide bonds. The van der Waals surface area contributed by atoms with Gasteiger partial charge in [-0.3, -0.25) is 4.79 Å². The van der Waals surface area contributed by atoms with Gasteiger partial charge in [-0.2, -0.15) is 0 Å². The summed E-state index contributed by atoms with van der Waals surface area (Å²) >= 11 is 1.26. The molecule has 0 saturated carbocycles. The first-order valence-corrected chi connectivity index (χ1v) is 7.70. The third kappa shape index (κ3) is 4.42. The molecule has 0 aliphatic rings. The van der Waals surface area contributed by atoms with Crippen molar-refractivity contribution in [2.45, 2.75) is 30.7 Å². The van der Waals surface area contributed by atoms with Gasteiger partial charge in [-0.1, -0.05) is 18.7 Å². The molecular formula is C15H17FN4OS. The number of nitrogens with one attached hydrogen (secondary N) is 1. The summed E-state index contributed by atoms with van der Waals surface area (Å²) in [5.41, 5.74) is 6.99. The van der Waals surface area contributed by atoms with Crippen LogP contribution in [-0.2, 0) is 4.79 Å². The lowest BCUT2D eigenvalue weighted by atomic mass is 10.2. The number of nitrogens with two attached hydrogens (primary N) is 1. The van der Waals surface area contributed by atoms with Crippen molar-refractivity contribution < 1.29 is 9.18 Å². The average molecular weight is 320 g/mol. The van der Waals surface area contributed by atoms with E-state index in [0.29, 0.717) is 23.1 Å². The molecule has 0 aliphatic heterocycles. The van der Waals surface area contributed by atoms with Crippen molar-refractivity contribution in [1.29, 1.82) is 0 Å². The molecule has 2 aromatic rings. The summed E-state index contributed by atoms with van der Waals surface area (Å²) in [5.74, 6) is -0.144. The molecule has 0 bridgehead atoms. The molecule has 7 heteroatoms. The summed E-state index contributed by atoms with van der Waals surface area (Å²) in [4.78, 5) is 20.7. The third-order valence-corrected chi connectivity index (χ3v) is 4.10. The van der Waals surface area contributed by atoms with Gasteiger partial charge < -0.3 is 11.1 Å². The number of anilines is 2. The van der Waals surface area contributed by atoms with Crippen LogP contribution < -0.4 is 11.1 Å². The van der Waals surface area contributed by atoms with Gasteiger partial charge in [0.05, 0.1) is 5.25 Å². The fourth-order valence-corrected chi connectivity index (χ4v) is 2.76. The molecule has 22 heavy (non-hydrogen) atoms. The maximum Gasteiger partial charge on any atom is 0.237 e. The number of carbonyl (C=O) groups excluding carboxylic acids is 1. The van der Waals surface area contributed by atoms with E-state index in [0.717, 1.165) is 5.69 Å². The van der Waals surface area contributed by atoms with Gasteiger partial charge in [0, 0.05) is 17.4 Å². The lowest BCUT2D eigenvalue weighted by Gasteiger charge is -2.14. The van der Waals surface area contributed by atoms with Gasteiger partial charge in [0.1, 0.15) is 11.6 Å². The summed E-state index contributed by atoms with van der Waals surface area (Å²) < 4.78 is 12.9. The van der Waals surface area contributed by atoms with E-state index in [4.69, 9.17) is 5.73 Å². The second-order valence-electron chi connectivity index (χ2n) is 4.73. The second kappa shape index (κ2) is 7.22. The van der Waals surface area contributed by atoms with E-state index >= 15 is 0 Å². The SMILES string of the molecule is CCC(Sc1nc(C)cc(N)n1)C(=O)Nc1ccc(F)cc1. The number of hydrogen-bond donors (Lipinski definition) is 2. The summed E-state index contributed by atoms with van der Waals surface area (Å²) in [6, 6.07) is 7.31. The van der Waals surface area contributed by atoms with Gasteiger partial charge >= 0.3 is 0 Å². The molecule has 0 fully saturated rings. The molecule has 3 N–H and O–H groups in total. The number of thioether (sulfide) groups is 1.